The van der Waals surface area contributed by atoms with Crippen molar-refractivity contribution >= 4 is 23.7 Å². The second kappa shape index (κ2) is 5.66. The first-order valence-electron chi connectivity index (χ1n) is 5.55. The van der Waals surface area contributed by atoms with Crippen LogP contribution in [0.2, 0.25) is 0 Å². The lowest BCUT2D eigenvalue weighted by molar-refractivity contribution is 0.0693. The van der Waals surface area contributed by atoms with Gasteiger partial charge in [-0.1, -0.05) is 11.8 Å². The Hall–Kier alpha value is -2.47. The van der Waals surface area contributed by atoms with Gasteiger partial charge in [-0.2, -0.15) is 0 Å². The molecule has 0 saturated carbocycles. The third-order valence-corrected chi connectivity index (χ3v) is 3.61. The van der Waals surface area contributed by atoms with E-state index in [-0.39, 0.29) is 16.9 Å². The van der Waals surface area contributed by atoms with Gasteiger partial charge in [-0.3, -0.25) is 0 Å². The summed E-state index contributed by atoms with van der Waals surface area (Å²) in [5, 5.41) is 27.2. The number of phenolic OH excluding ortho intramolecular Hbond substituents is 1. The van der Waals surface area contributed by atoms with Crippen molar-refractivity contribution < 1.29 is 24.9 Å². The first kappa shape index (κ1) is 14.0. The lowest BCUT2D eigenvalue weighted by atomic mass is 10.1. The van der Waals surface area contributed by atoms with Gasteiger partial charge in [-0.25, -0.2) is 9.59 Å². The molecule has 0 spiro atoms. The highest BCUT2D eigenvalue weighted by atomic mass is 32.2. The summed E-state index contributed by atoms with van der Waals surface area (Å²) in [4.78, 5) is 23.2. The lowest BCUT2D eigenvalue weighted by Crippen LogP contribution is -2.03. The third kappa shape index (κ3) is 3.10. The van der Waals surface area contributed by atoms with Gasteiger partial charge >= 0.3 is 11.9 Å². The Kier molecular flexibility index (Phi) is 3.95. The van der Waals surface area contributed by atoms with Crippen LogP contribution in [0.25, 0.3) is 0 Å². The molecule has 102 valence electrons. The van der Waals surface area contributed by atoms with E-state index in [4.69, 9.17) is 10.2 Å². The zero-order valence-electron chi connectivity index (χ0n) is 10.1. The molecule has 2 aromatic rings. The maximum atomic E-state index is 11.2. The molecule has 6 heteroatoms. The van der Waals surface area contributed by atoms with Crippen molar-refractivity contribution in [1.29, 1.82) is 0 Å². The van der Waals surface area contributed by atoms with Gasteiger partial charge in [0.15, 0.2) is 0 Å². The first-order chi connectivity index (χ1) is 9.47. The molecule has 0 radical (unpaired) electrons. The fourth-order valence-electron chi connectivity index (χ4n) is 1.56. The molecule has 3 N–H and O–H groups in total. The monoisotopic (exact) mass is 290 g/mol. The van der Waals surface area contributed by atoms with Crippen LogP contribution < -0.4 is 0 Å². The zero-order chi connectivity index (χ0) is 14.7. The Balaban J connectivity index is 2.38. The third-order valence-electron chi connectivity index (χ3n) is 2.52. The van der Waals surface area contributed by atoms with Crippen molar-refractivity contribution in [3.63, 3.8) is 0 Å². The quantitative estimate of drug-likeness (QED) is 0.801. The number of benzene rings is 2. The van der Waals surface area contributed by atoms with E-state index < -0.39 is 11.9 Å². The highest BCUT2D eigenvalue weighted by molar-refractivity contribution is 7.99. The van der Waals surface area contributed by atoms with Crippen LogP contribution in [0.4, 0.5) is 0 Å². The number of aromatic carboxylic acids is 2. The van der Waals surface area contributed by atoms with Crippen LogP contribution in [0.3, 0.4) is 0 Å². The number of hydrogen-bond acceptors (Lipinski definition) is 4. The molecule has 0 aliphatic rings. The molecule has 0 unspecified atom stereocenters. The molecule has 0 aromatic heterocycles. The summed E-state index contributed by atoms with van der Waals surface area (Å²) in [6.07, 6.45) is 0. The van der Waals surface area contributed by atoms with Crippen molar-refractivity contribution in [3.05, 3.63) is 53.6 Å². The number of carboxylic acid groups (broad SMARTS) is 2. The van der Waals surface area contributed by atoms with Gasteiger partial charge in [0.1, 0.15) is 5.75 Å². The molecular formula is C14H10O5S. The van der Waals surface area contributed by atoms with E-state index in [0.717, 1.165) is 11.0 Å². The van der Waals surface area contributed by atoms with Crippen LogP contribution in [-0.4, -0.2) is 27.3 Å². The average molecular weight is 290 g/mol. The standard InChI is InChI=1S/C14H10O5S/c15-9-2-4-10(5-3-9)20-12-6-1-8(13(16)17)7-11(12)14(18)19/h1-7,15H,(H,16,17)(H,18,19). The minimum Gasteiger partial charge on any atom is -0.508 e. The Morgan fingerprint density at radius 2 is 1.55 bits per heavy atom. The Morgan fingerprint density at radius 1 is 0.900 bits per heavy atom. The van der Waals surface area contributed by atoms with E-state index in [1.807, 2.05) is 0 Å². The summed E-state index contributed by atoms with van der Waals surface area (Å²) in [6.45, 7) is 0. The molecule has 0 aliphatic carbocycles. The van der Waals surface area contributed by atoms with Crippen LogP contribution in [0.1, 0.15) is 20.7 Å². The Morgan fingerprint density at radius 3 is 2.10 bits per heavy atom. The molecule has 2 aromatic carbocycles. The predicted molar refractivity (Wildman–Crippen MR) is 72.6 cm³/mol. The number of hydrogen-bond donors (Lipinski definition) is 3. The highest BCUT2D eigenvalue weighted by Gasteiger charge is 2.14. The molecule has 0 fully saturated rings. The smallest absolute Gasteiger partial charge is 0.336 e. The van der Waals surface area contributed by atoms with E-state index >= 15 is 0 Å². The second-order valence-electron chi connectivity index (χ2n) is 3.92. The summed E-state index contributed by atoms with van der Waals surface area (Å²) in [7, 11) is 0. The van der Waals surface area contributed by atoms with Crippen LogP contribution in [0, 0.1) is 0 Å². The van der Waals surface area contributed by atoms with Gasteiger partial charge in [0.2, 0.25) is 0 Å². The average Bonchev–Trinajstić information content (AvgIpc) is 2.41. The maximum Gasteiger partial charge on any atom is 0.336 e. The van der Waals surface area contributed by atoms with E-state index in [2.05, 4.69) is 0 Å². The Labute approximate surface area is 118 Å². The number of aromatic hydroxyl groups is 1. The van der Waals surface area contributed by atoms with Crippen molar-refractivity contribution in [2.45, 2.75) is 9.79 Å². The molecule has 0 amide bonds. The van der Waals surface area contributed by atoms with E-state index in [1.165, 1.54) is 36.0 Å². The van der Waals surface area contributed by atoms with E-state index in [1.54, 1.807) is 12.1 Å². The first-order valence-corrected chi connectivity index (χ1v) is 6.36. The fraction of sp³-hybridized carbons (Fsp3) is 0. The van der Waals surface area contributed by atoms with Crippen molar-refractivity contribution in [1.82, 2.24) is 0 Å². The summed E-state index contributed by atoms with van der Waals surface area (Å²) in [6, 6.07) is 10.2. The lowest BCUT2D eigenvalue weighted by Gasteiger charge is -2.07. The zero-order valence-corrected chi connectivity index (χ0v) is 10.9. The topological polar surface area (TPSA) is 94.8 Å². The molecule has 2 rings (SSSR count). The number of phenols is 1. The van der Waals surface area contributed by atoms with E-state index in [0.29, 0.717) is 4.90 Å². The van der Waals surface area contributed by atoms with E-state index in [9.17, 15) is 14.7 Å². The van der Waals surface area contributed by atoms with Crippen LogP contribution in [0.5, 0.6) is 5.75 Å². The molecule has 0 aliphatic heterocycles. The van der Waals surface area contributed by atoms with Crippen molar-refractivity contribution in [3.8, 4) is 5.75 Å². The molecule has 0 atom stereocenters. The van der Waals surface area contributed by atoms with Gasteiger partial charge in [-0.15, -0.1) is 0 Å². The minimum atomic E-state index is -1.19. The van der Waals surface area contributed by atoms with Gasteiger partial charge < -0.3 is 15.3 Å². The Bertz CT molecular complexity index is 664. The largest absolute Gasteiger partial charge is 0.508 e. The molecule has 0 bridgehead atoms. The van der Waals surface area contributed by atoms with Crippen LogP contribution in [-0.2, 0) is 0 Å². The predicted octanol–water partition coefficient (Wildman–Crippen LogP) is 2.94. The summed E-state index contributed by atoms with van der Waals surface area (Å²) < 4.78 is 0. The van der Waals surface area contributed by atoms with Crippen LogP contribution in [0.15, 0.2) is 52.3 Å². The molecule has 20 heavy (non-hydrogen) atoms. The molecular weight excluding hydrogens is 280 g/mol. The number of rotatable bonds is 4. The van der Waals surface area contributed by atoms with Gasteiger partial charge in [-0.05, 0) is 42.5 Å². The van der Waals surface area contributed by atoms with Crippen molar-refractivity contribution in [2.24, 2.45) is 0 Å². The number of carboxylic acids is 2. The van der Waals surface area contributed by atoms with Gasteiger partial charge in [0.05, 0.1) is 11.1 Å². The fourth-order valence-corrected chi connectivity index (χ4v) is 2.48. The molecule has 0 heterocycles. The summed E-state index contributed by atoms with van der Waals surface area (Å²) >= 11 is 1.19. The summed E-state index contributed by atoms with van der Waals surface area (Å²) in [5.74, 6) is -2.24. The van der Waals surface area contributed by atoms with Crippen molar-refractivity contribution in [2.75, 3.05) is 0 Å². The normalized spacial score (nSPS) is 10.2. The highest BCUT2D eigenvalue weighted by Crippen LogP contribution is 2.32. The minimum absolute atomic E-state index is 0.0667. The molecule has 5 nitrogen and oxygen atoms in total. The SMILES string of the molecule is O=C(O)c1ccc(Sc2ccc(O)cc2)c(C(=O)O)c1. The summed E-state index contributed by atoms with van der Waals surface area (Å²) in [5.41, 5.74) is -0.138. The van der Waals surface area contributed by atoms with Gasteiger partial charge in [0.25, 0.3) is 0 Å². The number of carbonyl (C=O) groups is 2. The van der Waals surface area contributed by atoms with Gasteiger partial charge in [0, 0.05) is 9.79 Å². The second-order valence-corrected chi connectivity index (χ2v) is 5.03. The maximum absolute atomic E-state index is 11.2. The van der Waals surface area contributed by atoms with Crippen LogP contribution >= 0.6 is 11.8 Å². The molecule has 0 saturated heterocycles.